The van der Waals surface area contributed by atoms with Gasteiger partial charge in [0.25, 0.3) is 11.6 Å². The van der Waals surface area contributed by atoms with Crippen molar-refractivity contribution < 1.29 is 33.5 Å². The summed E-state index contributed by atoms with van der Waals surface area (Å²) >= 11 is 0. The zero-order valence-corrected chi connectivity index (χ0v) is 15.7. The van der Waals surface area contributed by atoms with E-state index in [4.69, 9.17) is 18.9 Å². The number of nitro benzene ring substituents is 1. The maximum absolute atomic E-state index is 12.3. The Morgan fingerprint density at radius 3 is 2.69 bits per heavy atom. The predicted octanol–water partition coefficient (Wildman–Crippen LogP) is 2.08. The van der Waals surface area contributed by atoms with Crippen molar-refractivity contribution in [3.63, 3.8) is 0 Å². The lowest BCUT2D eigenvalue weighted by atomic mass is 10.2. The minimum Gasteiger partial charge on any atom is -0.497 e. The van der Waals surface area contributed by atoms with E-state index >= 15 is 0 Å². The van der Waals surface area contributed by atoms with E-state index in [1.807, 2.05) is 0 Å². The minimum absolute atomic E-state index is 0.0977. The molecule has 2 aromatic carbocycles. The average Bonchev–Trinajstić information content (AvgIpc) is 2.73. The molecule has 1 heterocycles. The number of nitro groups is 1. The Morgan fingerprint density at radius 2 is 2.00 bits per heavy atom. The Hall–Kier alpha value is -3.82. The molecule has 1 aliphatic rings. The molecule has 0 aliphatic carbocycles. The molecule has 0 saturated heterocycles. The van der Waals surface area contributed by atoms with Gasteiger partial charge in [-0.1, -0.05) is 0 Å². The summed E-state index contributed by atoms with van der Waals surface area (Å²) in [6, 6.07) is 8.90. The Bertz CT molecular complexity index is 959. The van der Waals surface area contributed by atoms with Gasteiger partial charge in [-0.2, -0.15) is 0 Å². The van der Waals surface area contributed by atoms with E-state index in [1.54, 1.807) is 18.2 Å². The zero-order chi connectivity index (χ0) is 21.0. The molecule has 0 unspecified atom stereocenters. The Kier molecular flexibility index (Phi) is 5.82. The van der Waals surface area contributed by atoms with Gasteiger partial charge in [0.2, 0.25) is 0 Å². The largest absolute Gasteiger partial charge is 0.497 e. The van der Waals surface area contributed by atoms with E-state index in [0.29, 0.717) is 17.1 Å². The molecule has 0 bridgehead atoms. The number of benzene rings is 2. The van der Waals surface area contributed by atoms with Gasteiger partial charge in [-0.15, -0.1) is 0 Å². The van der Waals surface area contributed by atoms with E-state index in [2.05, 4.69) is 0 Å². The number of rotatable bonds is 7. The van der Waals surface area contributed by atoms with Crippen molar-refractivity contribution in [3.05, 3.63) is 52.1 Å². The normalized spacial score (nSPS) is 12.6. The lowest BCUT2D eigenvalue weighted by molar-refractivity contribution is -0.384. The molecular formula is C19H18N2O8. The molecule has 0 atom stereocenters. The van der Waals surface area contributed by atoms with Gasteiger partial charge in [0, 0.05) is 17.7 Å². The number of ether oxygens (including phenoxy) is 4. The van der Waals surface area contributed by atoms with Crippen molar-refractivity contribution in [1.29, 1.82) is 0 Å². The first kappa shape index (κ1) is 19.9. The molecule has 10 heteroatoms. The molecule has 0 saturated carbocycles. The Morgan fingerprint density at radius 1 is 1.21 bits per heavy atom. The molecule has 2 aromatic rings. The summed E-state index contributed by atoms with van der Waals surface area (Å²) in [5.74, 6) is 0.164. The van der Waals surface area contributed by atoms with Crippen LogP contribution in [0, 0.1) is 10.1 Å². The standard InChI is InChI=1S/C19H18N2O8/c1-26-14-4-6-16(27-2)12(7-14)10-29-19(23)9-20-15-8-13(21(24)25)3-5-17(15)28-11-18(20)22/h3-8H,9-11H2,1-2H3. The number of esters is 1. The molecule has 1 aliphatic heterocycles. The van der Waals surface area contributed by atoms with Crippen LogP contribution in [-0.2, 0) is 20.9 Å². The van der Waals surface area contributed by atoms with Gasteiger partial charge in [0.1, 0.15) is 30.4 Å². The Balaban J connectivity index is 1.74. The second-order valence-corrected chi connectivity index (χ2v) is 6.02. The van der Waals surface area contributed by atoms with Crippen LogP contribution in [0.15, 0.2) is 36.4 Å². The molecule has 0 N–H and O–H groups in total. The maximum Gasteiger partial charge on any atom is 0.326 e. The van der Waals surface area contributed by atoms with Crippen LogP contribution in [0.25, 0.3) is 0 Å². The first-order chi connectivity index (χ1) is 13.9. The molecule has 0 spiro atoms. The number of carbonyl (C=O) groups excluding carboxylic acids is 2. The van der Waals surface area contributed by atoms with Gasteiger partial charge in [-0.25, -0.2) is 0 Å². The van der Waals surface area contributed by atoms with Crippen molar-refractivity contribution >= 4 is 23.3 Å². The number of amides is 1. The topological polar surface area (TPSA) is 117 Å². The lowest BCUT2D eigenvalue weighted by Gasteiger charge is -2.28. The fourth-order valence-corrected chi connectivity index (χ4v) is 2.81. The number of fused-ring (bicyclic) bond motifs is 1. The highest BCUT2D eigenvalue weighted by atomic mass is 16.6. The number of nitrogens with zero attached hydrogens (tertiary/aromatic N) is 2. The van der Waals surface area contributed by atoms with Crippen LogP contribution in [0.1, 0.15) is 5.56 Å². The first-order valence-electron chi connectivity index (χ1n) is 8.51. The van der Waals surface area contributed by atoms with Crippen molar-refractivity contribution in [2.24, 2.45) is 0 Å². The summed E-state index contributed by atoms with van der Waals surface area (Å²) in [5, 5.41) is 11.0. The van der Waals surface area contributed by atoms with Crippen molar-refractivity contribution in [3.8, 4) is 17.2 Å². The summed E-state index contributed by atoms with van der Waals surface area (Å²) in [6.45, 7) is -0.788. The van der Waals surface area contributed by atoms with E-state index in [1.165, 1.54) is 32.4 Å². The molecule has 0 aromatic heterocycles. The average molecular weight is 402 g/mol. The molecule has 29 heavy (non-hydrogen) atoms. The highest BCUT2D eigenvalue weighted by Crippen LogP contribution is 2.35. The number of carbonyl (C=O) groups is 2. The smallest absolute Gasteiger partial charge is 0.326 e. The maximum atomic E-state index is 12.3. The molecule has 0 fully saturated rings. The van der Waals surface area contributed by atoms with Gasteiger partial charge < -0.3 is 18.9 Å². The summed E-state index contributed by atoms with van der Waals surface area (Å²) in [6.07, 6.45) is 0. The molecular weight excluding hydrogens is 384 g/mol. The summed E-state index contributed by atoms with van der Waals surface area (Å²) in [7, 11) is 3.00. The first-order valence-corrected chi connectivity index (χ1v) is 8.51. The fraction of sp³-hybridized carbons (Fsp3) is 0.263. The molecule has 0 radical (unpaired) electrons. The highest BCUT2D eigenvalue weighted by molar-refractivity contribution is 6.01. The van der Waals surface area contributed by atoms with Crippen LogP contribution in [0.3, 0.4) is 0 Å². The van der Waals surface area contributed by atoms with Gasteiger partial charge in [-0.3, -0.25) is 24.6 Å². The number of hydrogen-bond donors (Lipinski definition) is 0. The van der Waals surface area contributed by atoms with Crippen LogP contribution >= 0.6 is 0 Å². The van der Waals surface area contributed by atoms with Crippen molar-refractivity contribution in [1.82, 2.24) is 0 Å². The van der Waals surface area contributed by atoms with Crippen molar-refractivity contribution in [2.75, 3.05) is 32.3 Å². The second kappa shape index (κ2) is 8.46. The number of hydrogen-bond acceptors (Lipinski definition) is 8. The molecule has 10 nitrogen and oxygen atoms in total. The van der Waals surface area contributed by atoms with Gasteiger partial charge >= 0.3 is 5.97 Å². The van der Waals surface area contributed by atoms with Crippen LogP contribution < -0.4 is 19.1 Å². The van der Waals surface area contributed by atoms with E-state index in [9.17, 15) is 19.7 Å². The predicted molar refractivity (Wildman–Crippen MR) is 100 cm³/mol. The Labute approximate surface area is 165 Å². The van der Waals surface area contributed by atoms with Crippen LogP contribution in [0.5, 0.6) is 17.2 Å². The zero-order valence-electron chi connectivity index (χ0n) is 15.7. The lowest BCUT2D eigenvalue weighted by Crippen LogP contribution is -2.42. The third-order valence-corrected chi connectivity index (χ3v) is 4.26. The minimum atomic E-state index is -0.692. The van der Waals surface area contributed by atoms with Crippen molar-refractivity contribution in [2.45, 2.75) is 6.61 Å². The molecule has 3 rings (SSSR count). The van der Waals surface area contributed by atoms with E-state index in [0.717, 1.165) is 4.90 Å². The SMILES string of the molecule is COc1ccc(OC)c(COC(=O)CN2C(=O)COc3ccc([N+](=O)[O-])cc32)c1. The summed E-state index contributed by atoms with van der Waals surface area (Å²) < 4.78 is 20.9. The van der Waals surface area contributed by atoms with E-state index < -0.39 is 23.3 Å². The quantitative estimate of drug-likeness (QED) is 0.392. The highest BCUT2D eigenvalue weighted by Gasteiger charge is 2.29. The fourth-order valence-electron chi connectivity index (χ4n) is 2.81. The monoisotopic (exact) mass is 402 g/mol. The summed E-state index contributed by atoms with van der Waals surface area (Å²) in [4.78, 5) is 36.1. The number of non-ortho nitro benzene ring substituents is 1. The number of methoxy groups -OCH3 is 2. The van der Waals surface area contributed by atoms with Gasteiger partial charge in [0.15, 0.2) is 6.61 Å². The number of anilines is 1. The molecule has 152 valence electrons. The van der Waals surface area contributed by atoms with Gasteiger partial charge in [-0.05, 0) is 24.3 Å². The molecule has 1 amide bonds. The van der Waals surface area contributed by atoms with E-state index in [-0.39, 0.29) is 30.3 Å². The van der Waals surface area contributed by atoms with Crippen LogP contribution in [0.4, 0.5) is 11.4 Å². The summed E-state index contributed by atoms with van der Waals surface area (Å²) in [5.41, 5.74) is 0.512. The van der Waals surface area contributed by atoms with Crippen LogP contribution in [-0.4, -0.2) is 44.2 Å². The van der Waals surface area contributed by atoms with Crippen LogP contribution in [0.2, 0.25) is 0 Å². The second-order valence-electron chi connectivity index (χ2n) is 6.02. The third-order valence-electron chi connectivity index (χ3n) is 4.26. The third kappa shape index (κ3) is 4.37. The van der Waals surface area contributed by atoms with Gasteiger partial charge in [0.05, 0.1) is 24.8 Å².